The molecule has 0 saturated heterocycles. The van der Waals surface area contributed by atoms with E-state index in [-0.39, 0.29) is 5.91 Å². The van der Waals surface area contributed by atoms with Crippen LogP contribution >= 0.6 is 22.7 Å². The van der Waals surface area contributed by atoms with E-state index in [0.717, 1.165) is 10.6 Å². The van der Waals surface area contributed by atoms with Crippen LogP contribution in [0.25, 0.3) is 10.6 Å². The standard InChI is InChI=1S/C13H16N2O2S2/c1-8(16)13(2,3)15-11(17)10-7-19-12(14-10)9-4-5-18-6-9/h4-8,16H,1-3H3,(H,15,17). The summed E-state index contributed by atoms with van der Waals surface area (Å²) in [6, 6.07) is 1.98. The van der Waals surface area contributed by atoms with Crippen LogP contribution < -0.4 is 5.32 Å². The molecule has 0 aliphatic heterocycles. The quantitative estimate of drug-likeness (QED) is 0.912. The number of hydrogen-bond donors (Lipinski definition) is 2. The third-order valence-electron chi connectivity index (χ3n) is 2.99. The maximum absolute atomic E-state index is 12.1. The van der Waals surface area contributed by atoms with Crippen molar-refractivity contribution in [2.75, 3.05) is 0 Å². The first-order valence-electron chi connectivity index (χ1n) is 5.89. The van der Waals surface area contributed by atoms with E-state index in [2.05, 4.69) is 10.3 Å². The molecule has 0 aromatic carbocycles. The minimum atomic E-state index is -0.677. The zero-order valence-electron chi connectivity index (χ0n) is 11.0. The van der Waals surface area contributed by atoms with Gasteiger partial charge in [-0.3, -0.25) is 4.79 Å². The Morgan fingerprint density at radius 1 is 1.47 bits per heavy atom. The van der Waals surface area contributed by atoms with Crippen molar-refractivity contribution in [1.29, 1.82) is 0 Å². The molecule has 2 heterocycles. The van der Waals surface area contributed by atoms with Crippen LogP contribution in [0, 0.1) is 0 Å². The van der Waals surface area contributed by atoms with E-state index < -0.39 is 11.6 Å². The van der Waals surface area contributed by atoms with E-state index >= 15 is 0 Å². The lowest BCUT2D eigenvalue weighted by atomic mass is 9.99. The first-order valence-corrected chi connectivity index (χ1v) is 7.71. The predicted octanol–water partition coefficient (Wildman–Crippen LogP) is 2.76. The molecular weight excluding hydrogens is 280 g/mol. The average Bonchev–Trinajstić information content (AvgIpc) is 2.99. The fourth-order valence-electron chi connectivity index (χ4n) is 1.36. The smallest absolute Gasteiger partial charge is 0.271 e. The first kappa shape index (κ1) is 14.2. The number of nitrogens with zero attached hydrogens (tertiary/aromatic N) is 1. The molecule has 1 unspecified atom stereocenters. The molecule has 1 atom stereocenters. The lowest BCUT2D eigenvalue weighted by Crippen LogP contribution is -2.51. The van der Waals surface area contributed by atoms with E-state index in [4.69, 9.17) is 0 Å². The number of nitrogens with one attached hydrogen (secondary N) is 1. The minimum Gasteiger partial charge on any atom is -0.391 e. The van der Waals surface area contributed by atoms with Crippen molar-refractivity contribution in [2.24, 2.45) is 0 Å². The van der Waals surface area contributed by atoms with Crippen LogP contribution in [-0.2, 0) is 0 Å². The highest BCUT2D eigenvalue weighted by Gasteiger charge is 2.27. The third kappa shape index (κ3) is 3.20. The highest BCUT2D eigenvalue weighted by Crippen LogP contribution is 2.25. The van der Waals surface area contributed by atoms with Gasteiger partial charge in [-0.1, -0.05) is 0 Å². The molecule has 0 aliphatic rings. The molecule has 19 heavy (non-hydrogen) atoms. The molecule has 6 heteroatoms. The van der Waals surface area contributed by atoms with Crippen LogP contribution in [0.1, 0.15) is 31.3 Å². The van der Waals surface area contributed by atoms with Gasteiger partial charge in [0.15, 0.2) is 0 Å². The number of thiazole rings is 1. The molecule has 2 aromatic rings. The van der Waals surface area contributed by atoms with Gasteiger partial charge < -0.3 is 10.4 Å². The number of aromatic nitrogens is 1. The number of rotatable bonds is 4. The zero-order chi connectivity index (χ0) is 14.0. The van der Waals surface area contributed by atoms with Crippen molar-refractivity contribution in [1.82, 2.24) is 10.3 Å². The molecule has 2 rings (SSSR count). The van der Waals surface area contributed by atoms with Crippen LogP contribution in [-0.4, -0.2) is 27.6 Å². The Bertz CT molecular complexity index is 559. The van der Waals surface area contributed by atoms with Gasteiger partial charge >= 0.3 is 0 Å². The Hall–Kier alpha value is -1.24. The van der Waals surface area contributed by atoms with Crippen LogP contribution in [0.3, 0.4) is 0 Å². The van der Waals surface area contributed by atoms with Crippen LogP contribution in [0.2, 0.25) is 0 Å². The minimum absolute atomic E-state index is 0.261. The van der Waals surface area contributed by atoms with Crippen LogP contribution in [0.15, 0.2) is 22.2 Å². The van der Waals surface area contributed by atoms with Crippen LogP contribution in [0.5, 0.6) is 0 Å². The van der Waals surface area contributed by atoms with Crippen molar-refractivity contribution in [3.05, 3.63) is 27.9 Å². The maximum atomic E-state index is 12.1. The summed E-state index contributed by atoms with van der Waals surface area (Å²) in [5.74, 6) is -0.261. The van der Waals surface area contributed by atoms with E-state index in [1.807, 2.05) is 16.8 Å². The molecule has 1 amide bonds. The Morgan fingerprint density at radius 2 is 2.21 bits per heavy atom. The van der Waals surface area contributed by atoms with Gasteiger partial charge in [-0.05, 0) is 32.2 Å². The Morgan fingerprint density at radius 3 is 2.79 bits per heavy atom. The number of thiophene rings is 1. The number of aliphatic hydroxyl groups excluding tert-OH is 1. The molecule has 0 spiro atoms. The molecule has 102 valence electrons. The lowest BCUT2D eigenvalue weighted by molar-refractivity contribution is 0.0706. The number of carbonyl (C=O) groups excluding carboxylic acids is 1. The molecule has 0 bridgehead atoms. The van der Waals surface area contributed by atoms with Crippen molar-refractivity contribution >= 4 is 28.6 Å². The summed E-state index contributed by atoms with van der Waals surface area (Å²) in [6.07, 6.45) is -0.633. The summed E-state index contributed by atoms with van der Waals surface area (Å²) < 4.78 is 0. The van der Waals surface area contributed by atoms with Crippen molar-refractivity contribution in [2.45, 2.75) is 32.4 Å². The van der Waals surface area contributed by atoms with Crippen molar-refractivity contribution in [3.8, 4) is 10.6 Å². The fourth-order valence-corrected chi connectivity index (χ4v) is 2.87. The Labute approximate surface area is 120 Å². The summed E-state index contributed by atoms with van der Waals surface area (Å²) >= 11 is 3.04. The van der Waals surface area contributed by atoms with E-state index in [1.54, 1.807) is 37.5 Å². The van der Waals surface area contributed by atoms with Crippen molar-refractivity contribution < 1.29 is 9.90 Å². The fraction of sp³-hybridized carbons (Fsp3) is 0.385. The SMILES string of the molecule is CC(O)C(C)(C)NC(=O)c1csc(-c2ccsc2)n1. The first-order chi connectivity index (χ1) is 8.90. The van der Waals surface area contributed by atoms with Gasteiger partial charge in [0, 0.05) is 16.3 Å². The van der Waals surface area contributed by atoms with Gasteiger partial charge in [-0.2, -0.15) is 11.3 Å². The summed E-state index contributed by atoms with van der Waals surface area (Å²) in [7, 11) is 0. The van der Waals surface area contributed by atoms with Gasteiger partial charge in [0.25, 0.3) is 5.91 Å². The number of aliphatic hydroxyl groups is 1. The van der Waals surface area contributed by atoms with E-state index in [1.165, 1.54) is 11.3 Å². The molecule has 4 nitrogen and oxygen atoms in total. The van der Waals surface area contributed by atoms with Gasteiger partial charge in [0.05, 0.1) is 11.6 Å². The maximum Gasteiger partial charge on any atom is 0.271 e. The normalized spacial score (nSPS) is 13.3. The molecule has 0 aliphatic carbocycles. The van der Waals surface area contributed by atoms with Gasteiger partial charge in [-0.15, -0.1) is 11.3 Å². The molecule has 0 saturated carbocycles. The van der Waals surface area contributed by atoms with Gasteiger partial charge in [-0.25, -0.2) is 4.98 Å². The molecule has 0 fully saturated rings. The lowest BCUT2D eigenvalue weighted by Gasteiger charge is -2.28. The highest BCUT2D eigenvalue weighted by atomic mass is 32.1. The molecule has 2 aromatic heterocycles. The summed E-state index contributed by atoms with van der Waals surface area (Å²) in [5.41, 5.74) is 0.743. The highest BCUT2D eigenvalue weighted by molar-refractivity contribution is 7.14. The largest absolute Gasteiger partial charge is 0.391 e. The number of hydrogen-bond acceptors (Lipinski definition) is 5. The summed E-state index contributed by atoms with van der Waals surface area (Å²) in [4.78, 5) is 16.4. The monoisotopic (exact) mass is 296 g/mol. The van der Waals surface area contributed by atoms with Crippen molar-refractivity contribution in [3.63, 3.8) is 0 Å². The molecule has 0 radical (unpaired) electrons. The second-order valence-corrected chi connectivity index (χ2v) is 6.54. The number of amides is 1. The van der Waals surface area contributed by atoms with E-state index in [9.17, 15) is 9.90 Å². The summed E-state index contributed by atoms with van der Waals surface area (Å²) in [5, 5.41) is 18.9. The van der Waals surface area contributed by atoms with E-state index in [0.29, 0.717) is 5.69 Å². The topological polar surface area (TPSA) is 62.2 Å². The average molecular weight is 296 g/mol. The second-order valence-electron chi connectivity index (χ2n) is 4.90. The Balaban J connectivity index is 2.13. The van der Waals surface area contributed by atoms with Crippen LogP contribution in [0.4, 0.5) is 0 Å². The zero-order valence-corrected chi connectivity index (χ0v) is 12.6. The third-order valence-corrected chi connectivity index (χ3v) is 4.56. The molecular formula is C13H16N2O2S2. The predicted molar refractivity (Wildman–Crippen MR) is 78.7 cm³/mol. The van der Waals surface area contributed by atoms with Gasteiger partial charge in [0.2, 0.25) is 0 Å². The Kier molecular flexibility index (Phi) is 4.03. The second kappa shape index (κ2) is 5.40. The van der Waals surface area contributed by atoms with Gasteiger partial charge in [0.1, 0.15) is 10.7 Å². The molecule has 2 N–H and O–H groups in total. The summed E-state index contributed by atoms with van der Waals surface area (Å²) in [6.45, 7) is 5.21. The number of carbonyl (C=O) groups is 1.